The molecule has 3 rings (SSSR count). The maximum Gasteiger partial charge on any atom is 0.224 e. The summed E-state index contributed by atoms with van der Waals surface area (Å²) >= 11 is 0. The molecule has 6 heteroatoms. The van der Waals surface area contributed by atoms with Crippen molar-refractivity contribution in [1.82, 2.24) is 19.7 Å². The van der Waals surface area contributed by atoms with Gasteiger partial charge < -0.3 is 9.47 Å². The molecular weight excluding hydrogens is 292 g/mol. The number of ketones is 1. The number of hydrogen-bond acceptors (Lipinski definition) is 4. The van der Waals surface area contributed by atoms with Crippen molar-refractivity contribution in [2.24, 2.45) is 5.92 Å². The van der Waals surface area contributed by atoms with E-state index in [1.807, 2.05) is 35.2 Å². The first-order valence-electron chi connectivity index (χ1n) is 7.93. The highest BCUT2D eigenvalue weighted by molar-refractivity contribution is 5.98. The molecule has 1 aromatic heterocycles. The molecule has 120 valence electrons. The van der Waals surface area contributed by atoms with E-state index in [4.69, 9.17) is 0 Å². The van der Waals surface area contributed by atoms with Crippen LogP contribution in [-0.2, 0) is 11.3 Å². The molecule has 1 aliphatic heterocycles. The number of Topliss-reactive ketones (excluding diaryl/α,β-unsaturated/α-hetero) is 1. The minimum atomic E-state index is -0.0926. The smallest absolute Gasteiger partial charge is 0.224 e. The maximum absolute atomic E-state index is 12.6. The van der Waals surface area contributed by atoms with E-state index < -0.39 is 0 Å². The Balaban J connectivity index is 1.57. The van der Waals surface area contributed by atoms with E-state index in [0.29, 0.717) is 19.5 Å². The third kappa shape index (κ3) is 3.83. The highest BCUT2D eigenvalue weighted by atomic mass is 16.2. The third-order valence-electron chi connectivity index (χ3n) is 4.25. The first-order valence-corrected chi connectivity index (χ1v) is 7.93. The third-order valence-corrected chi connectivity index (χ3v) is 4.25. The second-order valence-electron chi connectivity index (χ2n) is 5.86. The average Bonchev–Trinajstić information content (AvgIpc) is 3.13. The van der Waals surface area contributed by atoms with Gasteiger partial charge in [0.15, 0.2) is 5.78 Å². The minimum Gasteiger partial charge on any atom is -0.342 e. The van der Waals surface area contributed by atoms with Gasteiger partial charge in [0.05, 0.1) is 0 Å². The minimum absolute atomic E-state index is 0.0873. The normalized spacial score (nSPS) is 17.9. The van der Waals surface area contributed by atoms with Gasteiger partial charge in [0, 0.05) is 37.5 Å². The van der Waals surface area contributed by atoms with Gasteiger partial charge in [-0.3, -0.25) is 9.59 Å². The highest BCUT2D eigenvalue weighted by Gasteiger charge is 2.28. The van der Waals surface area contributed by atoms with E-state index in [9.17, 15) is 9.59 Å². The van der Waals surface area contributed by atoms with Crippen LogP contribution in [0.15, 0.2) is 43.0 Å². The summed E-state index contributed by atoms with van der Waals surface area (Å²) in [7, 11) is 0. The van der Waals surface area contributed by atoms with Crippen molar-refractivity contribution in [3.05, 3.63) is 48.5 Å². The van der Waals surface area contributed by atoms with Crippen LogP contribution >= 0.6 is 0 Å². The largest absolute Gasteiger partial charge is 0.342 e. The van der Waals surface area contributed by atoms with Crippen molar-refractivity contribution in [1.29, 1.82) is 0 Å². The lowest BCUT2D eigenvalue weighted by molar-refractivity contribution is -0.132. The number of aromatic nitrogens is 3. The van der Waals surface area contributed by atoms with E-state index in [1.54, 1.807) is 17.2 Å². The zero-order valence-corrected chi connectivity index (χ0v) is 13.0. The first kappa shape index (κ1) is 15.4. The molecule has 1 saturated heterocycles. The molecule has 2 aromatic rings. The average molecular weight is 312 g/mol. The quantitative estimate of drug-likeness (QED) is 0.789. The SMILES string of the molecule is O=C(c1ccccc1)[C@@H]1CCCN(C(=O)CCn2cnnc2)C1. The standard InChI is InChI=1S/C17H20N4O2/c22-16(8-10-20-12-18-19-13-20)21-9-4-7-15(11-21)17(23)14-5-2-1-3-6-14/h1-3,5-6,12-13,15H,4,7-11H2/t15-/m1/s1. The summed E-state index contributed by atoms with van der Waals surface area (Å²) in [5.41, 5.74) is 0.733. The maximum atomic E-state index is 12.6. The van der Waals surface area contributed by atoms with Crippen molar-refractivity contribution < 1.29 is 9.59 Å². The van der Waals surface area contributed by atoms with Crippen LogP contribution in [0.1, 0.15) is 29.6 Å². The van der Waals surface area contributed by atoms with Gasteiger partial charge in [-0.2, -0.15) is 0 Å². The summed E-state index contributed by atoms with van der Waals surface area (Å²) in [6.07, 6.45) is 5.34. The van der Waals surface area contributed by atoms with E-state index in [1.165, 1.54) is 0 Å². The zero-order chi connectivity index (χ0) is 16.1. The second-order valence-corrected chi connectivity index (χ2v) is 5.86. The lowest BCUT2D eigenvalue weighted by atomic mass is 9.90. The summed E-state index contributed by atoms with van der Waals surface area (Å²) < 4.78 is 1.79. The van der Waals surface area contributed by atoms with Crippen LogP contribution in [0.3, 0.4) is 0 Å². The molecule has 23 heavy (non-hydrogen) atoms. The Morgan fingerprint density at radius 1 is 1.13 bits per heavy atom. The molecule has 0 bridgehead atoms. The number of carbonyl (C=O) groups excluding carboxylic acids is 2. The fraction of sp³-hybridized carbons (Fsp3) is 0.412. The van der Waals surface area contributed by atoms with Crippen LogP contribution in [0.25, 0.3) is 0 Å². The van der Waals surface area contributed by atoms with Crippen LogP contribution in [-0.4, -0.2) is 44.4 Å². The molecule has 1 aromatic carbocycles. The fourth-order valence-electron chi connectivity index (χ4n) is 2.98. The highest BCUT2D eigenvalue weighted by Crippen LogP contribution is 2.21. The summed E-state index contributed by atoms with van der Waals surface area (Å²) in [6.45, 7) is 1.83. The molecule has 1 atom stereocenters. The lowest BCUT2D eigenvalue weighted by Gasteiger charge is -2.32. The van der Waals surface area contributed by atoms with Crippen LogP contribution in [0.5, 0.6) is 0 Å². The van der Waals surface area contributed by atoms with Gasteiger partial charge in [0.1, 0.15) is 12.7 Å². The molecule has 1 aliphatic rings. The number of likely N-dealkylation sites (tertiary alicyclic amines) is 1. The predicted molar refractivity (Wildman–Crippen MR) is 84.7 cm³/mol. The van der Waals surface area contributed by atoms with Crippen molar-refractivity contribution in [3.8, 4) is 0 Å². The van der Waals surface area contributed by atoms with E-state index in [0.717, 1.165) is 24.9 Å². The first-order chi connectivity index (χ1) is 11.2. The van der Waals surface area contributed by atoms with Crippen molar-refractivity contribution in [3.63, 3.8) is 0 Å². The summed E-state index contributed by atoms with van der Waals surface area (Å²) in [4.78, 5) is 26.7. The summed E-state index contributed by atoms with van der Waals surface area (Å²) in [5, 5.41) is 7.45. The Morgan fingerprint density at radius 3 is 2.61 bits per heavy atom. The van der Waals surface area contributed by atoms with Gasteiger partial charge in [-0.05, 0) is 12.8 Å². The van der Waals surface area contributed by atoms with Gasteiger partial charge in [-0.25, -0.2) is 0 Å². The topological polar surface area (TPSA) is 68.1 Å². The molecule has 1 fully saturated rings. The Labute approximate surface area is 135 Å². The van der Waals surface area contributed by atoms with Crippen molar-refractivity contribution in [2.45, 2.75) is 25.8 Å². The number of carbonyl (C=O) groups is 2. The molecule has 2 heterocycles. The monoisotopic (exact) mass is 312 g/mol. The number of benzene rings is 1. The molecule has 0 unspecified atom stereocenters. The zero-order valence-electron chi connectivity index (χ0n) is 13.0. The molecule has 0 spiro atoms. The second kappa shape index (κ2) is 7.17. The summed E-state index contributed by atoms with van der Waals surface area (Å²) in [5.74, 6) is 0.135. The molecule has 0 N–H and O–H groups in total. The number of rotatable bonds is 5. The molecule has 1 amide bonds. The lowest BCUT2D eigenvalue weighted by Crippen LogP contribution is -2.42. The Kier molecular flexibility index (Phi) is 4.80. The number of aryl methyl sites for hydroxylation is 1. The number of piperidine rings is 1. The van der Waals surface area contributed by atoms with Crippen LogP contribution < -0.4 is 0 Å². The van der Waals surface area contributed by atoms with Gasteiger partial charge in [-0.1, -0.05) is 30.3 Å². The van der Waals surface area contributed by atoms with Crippen LogP contribution in [0.2, 0.25) is 0 Å². The van der Waals surface area contributed by atoms with Gasteiger partial charge in [-0.15, -0.1) is 10.2 Å². The van der Waals surface area contributed by atoms with Gasteiger partial charge >= 0.3 is 0 Å². The number of hydrogen-bond donors (Lipinski definition) is 0. The molecule has 6 nitrogen and oxygen atoms in total. The van der Waals surface area contributed by atoms with Gasteiger partial charge in [0.2, 0.25) is 5.91 Å². The van der Waals surface area contributed by atoms with E-state index in [-0.39, 0.29) is 17.6 Å². The van der Waals surface area contributed by atoms with E-state index >= 15 is 0 Å². The van der Waals surface area contributed by atoms with Crippen molar-refractivity contribution in [2.75, 3.05) is 13.1 Å². The Morgan fingerprint density at radius 2 is 1.87 bits per heavy atom. The molecular formula is C17H20N4O2. The Bertz CT molecular complexity index is 654. The van der Waals surface area contributed by atoms with E-state index in [2.05, 4.69) is 10.2 Å². The Hall–Kier alpha value is -2.50. The fourth-order valence-corrected chi connectivity index (χ4v) is 2.98. The van der Waals surface area contributed by atoms with Crippen LogP contribution in [0, 0.1) is 5.92 Å². The van der Waals surface area contributed by atoms with Gasteiger partial charge in [0.25, 0.3) is 0 Å². The number of nitrogens with zero attached hydrogens (tertiary/aromatic N) is 4. The van der Waals surface area contributed by atoms with Crippen LogP contribution in [0.4, 0.5) is 0 Å². The molecule has 0 saturated carbocycles. The summed E-state index contributed by atoms with van der Waals surface area (Å²) in [6, 6.07) is 9.33. The molecule has 0 aliphatic carbocycles. The predicted octanol–water partition coefficient (Wildman–Crippen LogP) is 1.79. The molecule has 0 radical (unpaired) electrons. The number of amides is 1. The van der Waals surface area contributed by atoms with Crippen molar-refractivity contribution >= 4 is 11.7 Å².